The second kappa shape index (κ2) is 7.56. The van der Waals surface area contributed by atoms with Crippen molar-refractivity contribution in [3.8, 4) is 0 Å². The zero-order chi connectivity index (χ0) is 17.8. The third-order valence-electron chi connectivity index (χ3n) is 4.88. The van der Waals surface area contributed by atoms with Crippen LogP contribution in [0.3, 0.4) is 0 Å². The molecule has 6 heteroatoms. The molecule has 0 radical (unpaired) electrons. The number of carbonyl (C=O) groups is 1. The molecule has 0 atom stereocenters. The molecule has 1 aliphatic rings. The monoisotopic (exact) mass is 350 g/mol. The van der Waals surface area contributed by atoms with E-state index in [-0.39, 0.29) is 6.03 Å². The highest BCUT2D eigenvalue weighted by Gasteiger charge is 2.23. The lowest BCUT2D eigenvalue weighted by atomic mass is 9.91. The Labute approximate surface area is 152 Å². The van der Waals surface area contributed by atoms with E-state index < -0.39 is 0 Å². The first kappa shape index (κ1) is 16.6. The number of pyridine rings is 1. The summed E-state index contributed by atoms with van der Waals surface area (Å²) in [6.07, 6.45) is 6.80. The van der Waals surface area contributed by atoms with Crippen LogP contribution in [-0.2, 0) is 13.0 Å². The van der Waals surface area contributed by atoms with Crippen molar-refractivity contribution in [1.29, 1.82) is 0 Å². The molecule has 3 aromatic rings. The van der Waals surface area contributed by atoms with Gasteiger partial charge in [0.25, 0.3) is 0 Å². The topological polar surface area (TPSA) is 71.3 Å². The zero-order valence-corrected chi connectivity index (χ0v) is 14.6. The number of aromatic nitrogens is 2. The number of para-hydroxylation sites is 2. The predicted molar refractivity (Wildman–Crippen MR) is 98.5 cm³/mol. The number of carbonyl (C=O) groups excluding carboxylic acids is 1. The third kappa shape index (κ3) is 3.85. The molecule has 0 aliphatic carbocycles. The highest BCUT2D eigenvalue weighted by molar-refractivity contribution is 5.74. The molecular formula is C20H22N4O2. The van der Waals surface area contributed by atoms with Gasteiger partial charge in [-0.15, -0.1) is 0 Å². The molecule has 26 heavy (non-hydrogen) atoms. The van der Waals surface area contributed by atoms with Gasteiger partial charge >= 0.3 is 6.03 Å². The van der Waals surface area contributed by atoms with Crippen LogP contribution in [0.4, 0.5) is 4.79 Å². The van der Waals surface area contributed by atoms with Crippen molar-refractivity contribution in [3.63, 3.8) is 0 Å². The Morgan fingerprint density at radius 3 is 2.81 bits per heavy atom. The van der Waals surface area contributed by atoms with Crippen LogP contribution < -0.4 is 5.32 Å². The van der Waals surface area contributed by atoms with Crippen molar-refractivity contribution in [2.75, 3.05) is 13.1 Å². The van der Waals surface area contributed by atoms with Crippen LogP contribution in [0.1, 0.15) is 24.3 Å². The average molecular weight is 350 g/mol. The van der Waals surface area contributed by atoms with Gasteiger partial charge in [-0.05, 0) is 48.9 Å². The summed E-state index contributed by atoms with van der Waals surface area (Å²) in [4.78, 5) is 22.8. The number of hydrogen-bond acceptors (Lipinski definition) is 4. The van der Waals surface area contributed by atoms with E-state index in [4.69, 9.17) is 4.42 Å². The first-order chi connectivity index (χ1) is 12.8. The fraction of sp³-hybridized carbons (Fsp3) is 0.350. The summed E-state index contributed by atoms with van der Waals surface area (Å²) >= 11 is 0. The van der Waals surface area contributed by atoms with Crippen LogP contribution in [0.2, 0.25) is 0 Å². The average Bonchev–Trinajstić information content (AvgIpc) is 3.10. The molecule has 0 unspecified atom stereocenters. The Kier molecular flexibility index (Phi) is 4.82. The number of amides is 2. The van der Waals surface area contributed by atoms with Crippen LogP contribution in [0.5, 0.6) is 0 Å². The summed E-state index contributed by atoms with van der Waals surface area (Å²) in [5.41, 5.74) is 2.83. The summed E-state index contributed by atoms with van der Waals surface area (Å²) in [7, 11) is 0. The van der Waals surface area contributed by atoms with Gasteiger partial charge in [-0.1, -0.05) is 18.2 Å². The molecule has 1 aromatic carbocycles. The van der Waals surface area contributed by atoms with E-state index in [1.165, 1.54) is 5.56 Å². The van der Waals surface area contributed by atoms with Gasteiger partial charge in [0.15, 0.2) is 5.58 Å². The first-order valence-electron chi connectivity index (χ1n) is 9.04. The van der Waals surface area contributed by atoms with Crippen LogP contribution >= 0.6 is 0 Å². The molecule has 1 aliphatic heterocycles. The van der Waals surface area contributed by atoms with E-state index in [9.17, 15) is 4.79 Å². The van der Waals surface area contributed by atoms with Crippen LogP contribution in [-0.4, -0.2) is 34.0 Å². The van der Waals surface area contributed by atoms with Crippen LogP contribution in [0, 0.1) is 5.92 Å². The SMILES string of the molecule is O=C(NCc1nc2ccccc2o1)N1CCC(Cc2cccnc2)CC1. The quantitative estimate of drug-likeness (QED) is 0.783. The summed E-state index contributed by atoms with van der Waals surface area (Å²) < 4.78 is 5.64. The third-order valence-corrected chi connectivity index (χ3v) is 4.88. The second-order valence-corrected chi connectivity index (χ2v) is 6.73. The Morgan fingerprint density at radius 1 is 1.19 bits per heavy atom. The van der Waals surface area contributed by atoms with Gasteiger partial charge in [0.2, 0.25) is 5.89 Å². The van der Waals surface area contributed by atoms with Crippen molar-refractivity contribution in [3.05, 3.63) is 60.2 Å². The molecule has 1 saturated heterocycles. The Hall–Kier alpha value is -2.89. The largest absolute Gasteiger partial charge is 0.439 e. The number of piperidine rings is 1. The maximum atomic E-state index is 12.4. The summed E-state index contributed by atoms with van der Waals surface area (Å²) in [6.45, 7) is 1.87. The molecule has 3 heterocycles. The molecule has 4 rings (SSSR count). The van der Waals surface area contributed by atoms with Crippen molar-refractivity contribution >= 4 is 17.1 Å². The molecule has 0 saturated carbocycles. The summed E-state index contributed by atoms with van der Waals surface area (Å²) in [6, 6.07) is 11.6. The lowest BCUT2D eigenvalue weighted by Crippen LogP contribution is -2.44. The Balaban J connectivity index is 1.25. The van der Waals surface area contributed by atoms with Crippen molar-refractivity contribution in [2.45, 2.75) is 25.8 Å². The van der Waals surface area contributed by atoms with Gasteiger partial charge < -0.3 is 14.6 Å². The first-order valence-corrected chi connectivity index (χ1v) is 9.04. The molecule has 134 valence electrons. The number of benzene rings is 1. The van der Waals surface area contributed by atoms with Crippen molar-refractivity contribution in [2.24, 2.45) is 5.92 Å². The number of rotatable bonds is 4. The molecule has 0 bridgehead atoms. The number of urea groups is 1. The molecular weight excluding hydrogens is 328 g/mol. The van der Waals surface area contributed by atoms with E-state index in [0.29, 0.717) is 18.4 Å². The molecule has 0 spiro atoms. The maximum absolute atomic E-state index is 12.4. The number of fused-ring (bicyclic) bond motifs is 1. The van der Waals surface area contributed by atoms with E-state index in [0.717, 1.165) is 43.5 Å². The summed E-state index contributed by atoms with van der Waals surface area (Å²) in [5, 5.41) is 2.91. The number of oxazole rings is 1. The van der Waals surface area contributed by atoms with Gasteiger partial charge in [-0.3, -0.25) is 4.98 Å². The van der Waals surface area contributed by atoms with Crippen molar-refractivity contribution in [1.82, 2.24) is 20.2 Å². The van der Waals surface area contributed by atoms with Crippen LogP contribution in [0.25, 0.3) is 11.1 Å². The van der Waals surface area contributed by atoms with E-state index >= 15 is 0 Å². The molecule has 1 N–H and O–H groups in total. The van der Waals surface area contributed by atoms with Crippen LogP contribution in [0.15, 0.2) is 53.2 Å². The number of hydrogen-bond donors (Lipinski definition) is 1. The lowest BCUT2D eigenvalue weighted by molar-refractivity contribution is 0.169. The number of nitrogens with one attached hydrogen (secondary N) is 1. The number of nitrogens with zero attached hydrogens (tertiary/aromatic N) is 3. The van der Waals surface area contributed by atoms with Crippen molar-refractivity contribution < 1.29 is 9.21 Å². The molecule has 2 amide bonds. The van der Waals surface area contributed by atoms with Gasteiger partial charge in [0.05, 0.1) is 6.54 Å². The Bertz CT molecular complexity index is 837. The predicted octanol–water partition coefficient (Wildman–Crippen LogP) is 3.39. The van der Waals surface area contributed by atoms with E-state index in [1.807, 2.05) is 41.4 Å². The fourth-order valence-corrected chi connectivity index (χ4v) is 3.45. The van der Waals surface area contributed by atoms with Gasteiger partial charge in [0, 0.05) is 25.5 Å². The number of likely N-dealkylation sites (tertiary alicyclic amines) is 1. The molecule has 6 nitrogen and oxygen atoms in total. The van der Waals surface area contributed by atoms with E-state index in [2.05, 4.69) is 21.4 Å². The zero-order valence-electron chi connectivity index (χ0n) is 14.6. The second-order valence-electron chi connectivity index (χ2n) is 6.73. The standard InChI is InChI=1S/C20H22N4O2/c25-20(22-14-19-23-17-5-1-2-6-18(17)26-19)24-10-7-15(8-11-24)12-16-4-3-9-21-13-16/h1-6,9,13,15H,7-8,10-12,14H2,(H,22,25). The summed E-state index contributed by atoms with van der Waals surface area (Å²) in [5.74, 6) is 1.14. The highest BCUT2D eigenvalue weighted by atomic mass is 16.3. The van der Waals surface area contributed by atoms with Gasteiger partial charge in [-0.25, -0.2) is 9.78 Å². The normalized spacial score (nSPS) is 15.3. The van der Waals surface area contributed by atoms with Gasteiger partial charge in [0.1, 0.15) is 5.52 Å². The minimum atomic E-state index is -0.0490. The molecule has 1 fully saturated rings. The fourth-order valence-electron chi connectivity index (χ4n) is 3.45. The maximum Gasteiger partial charge on any atom is 0.317 e. The lowest BCUT2D eigenvalue weighted by Gasteiger charge is -2.32. The minimum absolute atomic E-state index is 0.0490. The molecule has 2 aromatic heterocycles. The van der Waals surface area contributed by atoms with Gasteiger partial charge in [-0.2, -0.15) is 0 Å². The van der Waals surface area contributed by atoms with E-state index in [1.54, 1.807) is 6.20 Å². The smallest absolute Gasteiger partial charge is 0.317 e. The highest BCUT2D eigenvalue weighted by Crippen LogP contribution is 2.21. The Morgan fingerprint density at radius 2 is 2.04 bits per heavy atom. The minimum Gasteiger partial charge on any atom is -0.439 e.